The maximum atomic E-state index is 14.7. The maximum absolute atomic E-state index is 14.7. The van der Waals surface area contributed by atoms with Crippen molar-refractivity contribution in [2.24, 2.45) is 17.3 Å². The molecule has 3 aliphatic heterocycles. The number of hydrogen-bond donors (Lipinski definition) is 2. The molecule has 38 heavy (non-hydrogen) atoms. The minimum absolute atomic E-state index is 0.0927. The van der Waals surface area contributed by atoms with Gasteiger partial charge in [-0.2, -0.15) is 0 Å². The predicted octanol–water partition coefficient (Wildman–Crippen LogP) is 3.78. The minimum atomic E-state index is -1.32. The summed E-state index contributed by atoms with van der Waals surface area (Å²) in [6.45, 7) is 14.0. The summed E-state index contributed by atoms with van der Waals surface area (Å²) in [7, 11) is 0. The van der Waals surface area contributed by atoms with Gasteiger partial charge in [-0.3, -0.25) is 14.4 Å². The first kappa shape index (κ1) is 28.8. The van der Waals surface area contributed by atoms with Crippen LogP contribution in [0.25, 0.3) is 0 Å². The summed E-state index contributed by atoms with van der Waals surface area (Å²) >= 11 is 3.59. The quantitative estimate of drug-likeness (QED) is 0.335. The van der Waals surface area contributed by atoms with Gasteiger partial charge in [0.2, 0.25) is 11.8 Å². The molecule has 3 fully saturated rings. The van der Waals surface area contributed by atoms with Crippen LogP contribution in [0.15, 0.2) is 43.0 Å². The Morgan fingerprint density at radius 1 is 1.26 bits per heavy atom. The van der Waals surface area contributed by atoms with Crippen molar-refractivity contribution in [1.82, 2.24) is 9.80 Å². The smallest absolute Gasteiger partial charge is 0.310 e. The van der Waals surface area contributed by atoms with Crippen molar-refractivity contribution in [3.63, 3.8) is 0 Å². The molecule has 7 atom stereocenters. The van der Waals surface area contributed by atoms with Gasteiger partial charge < -0.3 is 24.7 Å². The maximum Gasteiger partial charge on any atom is 0.310 e. The van der Waals surface area contributed by atoms with Crippen LogP contribution >= 0.6 is 15.9 Å². The molecule has 9 heteroatoms. The zero-order chi connectivity index (χ0) is 28.2. The third kappa shape index (κ3) is 4.60. The minimum Gasteiger partial charge on any atom is -0.481 e. The molecule has 1 aromatic rings. The number of halogens is 1. The van der Waals surface area contributed by atoms with Gasteiger partial charge in [0.05, 0.1) is 30.6 Å². The molecule has 3 saturated heterocycles. The Kier molecular flexibility index (Phi) is 7.62. The number of hydrogen-bond acceptors (Lipinski definition) is 5. The summed E-state index contributed by atoms with van der Waals surface area (Å²) < 4.78 is 6.43. The van der Waals surface area contributed by atoms with Gasteiger partial charge in [-0.1, -0.05) is 73.1 Å². The Bertz CT molecular complexity index is 1100. The van der Waals surface area contributed by atoms with Crippen LogP contribution in [0.5, 0.6) is 0 Å². The molecule has 0 radical (unpaired) electrons. The van der Waals surface area contributed by atoms with Gasteiger partial charge in [0.25, 0.3) is 0 Å². The second-order valence-electron chi connectivity index (χ2n) is 12.6. The van der Waals surface area contributed by atoms with Crippen molar-refractivity contribution in [2.45, 2.75) is 81.6 Å². The first-order valence-corrected chi connectivity index (χ1v) is 14.1. The van der Waals surface area contributed by atoms with Crippen molar-refractivity contribution in [3.8, 4) is 0 Å². The predicted molar refractivity (Wildman–Crippen MR) is 147 cm³/mol. The van der Waals surface area contributed by atoms with Crippen molar-refractivity contribution < 1.29 is 29.3 Å². The number of aliphatic carboxylic acids is 1. The van der Waals surface area contributed by atoms with Crippen molar-refractivity contribution in [2.75, 3.05) is 13.2 Å². The SMILES string of the molecule is C=CCN(C(=O)C1N([C@H](CO)c2ccccc2)C(=O)[C@@H]2[C@@H](C(=O)O)[C@@H]3OC12CC3Br)C(C)(C)CC(C)(C)C. The molecular formula is C29H39BrN2O6. The Labute approximate surface area is 233 Å². The lowest BCUT2D eigenvalue weighted by Crippen LogP contribution is -2.61. The van der Waals surface area contributed by atoms with Crippen LogP contribution in [0.1, 0.15) is 59.1 Å². The molecule has 3 heterocycles. The number of carboxylic acids is 1. The first-order valence-electron chi connectivity index (χ1n) is 13.2. The van der Waals surface area contributed by atoms with E-state index in [1.807, 2.05) is 32.0 Å². The lowest BCUT2D eigenvalue weighted by atomic mass is 9.70. The molecule has 4 rings (SSSR count). The highest BCUT2D eigenvalue weighted by molar-refractivity contribution is 9.09. The lowest BCUT2D eigenvalue weighted by molar-refractivity contribution is -0.156. The number of alkyl halides is 1. The summed E-state index contributed by atoms with van der Waals surface area (Å²) in [5.41, 5.74) is -1.36. The third-order valence-electron chi connectivity index (χ3n) is 8.21. The van der Waals surface area contributed by atoms with E-state index in [1.54, 1.807) is 23.1 Å². The van der Waals surface area contributed by atoms with Crippen LogP contribution in [-0.4, -0.2) is 79.1 Å². The number of carbonyl (C=O) groups is 3. The van der Waals surface area contributed by atoms with Gasteiger partial charge in [0, 0.05) is 16.9 Å². The van der Waals surface area contributed by atoms with Crippen LogP contribution in [0.3, 0.4) is 0 Å². The molecule has 2 amide bonds. The van der Waals surface area contributed by atoms with Crippen molar-refractivity contribution in [3.05, 3.63) is 48.6 Å². The highest BCUT2D eigenvalue weighted by atomic mass is 79.9. The van der Waals surface area contributed by atoms with Crippen LogP contribution in [0, 0.1) is 17.3 Å². The fraction of sp³-hybridized carbons (Fsp3) is 0.621. The van der Waals surface area contributed by atoms with Gasteiger partial charge in [0.15, 0.2) is 0 Å². The zero-order valence-electron chi connectivity index (χ0n) is 22.8. The van der Waals surface area contributed by atoms with Gasteiger partial charge >= 0.3 is 5.97 Å². The number of carbonyl (C=O) groups excluding carboxylic acids is 2. The zero-order valence-corrected chi connectivity index (χ0v) is 24.3. The van der Waals surface area contributed by atoms with E-state index in [2.05, 4.69) is 43.3 Å². The topological polar surface area (TPSA) is 107 Å². The molecule has 0 aliphatic carbocycles. The van der Waals surface area contributed by atoms with Crippen LogP contribution < -0.4 is 0 Å². The fourth-order valence-corrected chi connectivity index (χ4v) is 8.24. The third-order valence-corrected chi connectivity index (χ3v) is 9.06. The summed E-state index contributed by atoms with van der Waals surface area (Å²) in [6, 6.07) is 7.11. The number of likely N-dealkylation sites (tertiary alicyclic amines) is 1. The van der Waals surface area contributed by atoms with E-state index < -0.39 is 59.6 Å². The first-order chi connectivity index (χ1) is 17.7. The highest BCUT2D eigenvalue weighted by Crippen LogP contribution is 2.61. The molecule has 208 valence electrons. The number of benzene rings is 1. The summed E-state index contributed by atoms with van der Waals surface area (Å²) in [4.78, 5) is 44.2. The standard InChI is InChI=1S/C29H39BrN2O6/c1-7-13-31(28(5,6)16-27(2,3)4)25(35)23-29-14-18(30)22(38-29)20(26(36)37)21(29)24(34)32(23)19(15-33)17-11-9-8-10-12-17/h7-12,18-23,33H,1,13-16H2,2-6H3,(H,36,37)/t18?,19-,20-,21+,22-,23?,29?/m1/s1. The molecule has 3 unspecified atom stereocenters. The molecule has 1 spiro atoms. The normalized spacial score (nSPS) is 31.3. The van der Waals surface area contributed by atoms with E-state index in [1.165, 1.54) is 4.90 Å². The molecule has 3 aliphatic rings. The van der Waals surface area contributed by atoms with E-state index >= 15 is 0 Å². The van der Waals surface area contributed by atoms with Crippen LogP contribution in [0.4, 0.5) is 0 Å². The van der Waals surface area contributed by atoms with Gasteiger partial charge in [-0.15, -0.1) is 6.58 Å². The molecule has 0 saturated carbocycles. The van der Waals surface area contributed by atoms with E-state index in [4.69, 9.17) is 4.74 Å². The summed E-state index contributed by atoms with van der Waals surface area (Å²) in [6.07, 6.45) is 1.94. The Hall–Kier alpha value is -2.23. The number of carboxylic acid groups (broad SMARTS) is 1. The Morgan fingerprint density at radius 3 is 2.42 bits per heavy atom. The number of amides is 2. The highest BCUT2D eigenvalue weighted by Gasteiger charge is 2.77. The second kappa shape index (κ2) is 10.1. The molecule has 1 aromatic carbocycles. The molecular weight excluding hydrogens is 552 g/mol. The van der Waals surface area contributed by atoms with E-state index in [0.717, 1.165) is 0 Å². The summed E-state index contributed by atoms with van der Waals surface area (Å²) in [5, 5.41) is 20.7. The van der Waals surface area contributed by atoms with Crippen LogP contribution in [0.2, 0.25) is 0 Å². The second-order valence-corrected chi connectivity index (χ2v) is 13.8. The average molecular weight is 592 g/mol. The number of aliphatic hydroxyl groups is 1. The molecule has 2 N–H and O–H groups in total. The van der Waals surface area contributed by atoms with E-state index in [-0.39, 0.29) is 22.7 Å². The number of rotatable bonds is 9. The molecule has 2 bridgehead atoms. The molecule has 0 aromatic heterocycles. The molecule has 8 nitrogen and oxygen atoms in total. The monoisotopic (exact) mass is 590 g/mol. The number of nitrogens with zero attached hydrogens (tertiary/aromatic N) is 2. The van der Waals surface area contributed by atoms with Gasteiger partial charge in [0.1, 0.15) is 11.6 Å². The number of aliphatic hydroxyl groups excluding tert-OH is 1. The van der Waals surface area contributed by atoms with Gasteiger partial charge in [-0.05, 0) is 37.7 Å². The van der Waals surface area contributed by atoms with Crippen molar-refractivity contribution >= 4 is 33.7 Å². The number of fused-ring (bicyclic) bond motifs is 1. The largest absolute Gasteiger partial charge is 0.481 e. The Morgan fingerprint density at radius 2 is 1.89 bits per heavy atom. The van der Waals surface area contributed by atoms with Gasteiger partial charge in [-0.25, -0.2) is 0 Å². The Balaban J connectivity index is 1.88. The van der Waals surface area contributed by atoms with E-state index in [0.29, 0.717) is 18.4 Å². The average Bonchev–Trinajstić information content (AvgIpc) is 3.40. The van der Waals surface area contributed by atoms with E-state index in [9.17, 15) is 24.6 Å². The van der Waals surface area contributed by atoms with Crippen LogP contribution in [-0.2, 0) is 19.1 Å². The lowest BCUT2D eigenvalue weighted by Gasteiger charge is -2.46. The number of ether oxygens (including phenoxy) is 1. The van der Waals surface area contributed by atoms with Crippen molar-refractivity contribution in [1.29, 1.82) is 0 Å². The fourth-order valence-electron chi connectivity index (χ4n) is 7.30. The summed E-state index contributed by atoms with van der Waals surface area (Å²) in [5.74, 6) is -4.03.